The summed E-state index contributed by atoms with van der Waals surface area (Å²) in [6.45, 7) is 6.82. The van der Waals surface area contributed by atoms with Gasteiger partial charge in [0.2, 0.25) is 5.91 Å². The van der Waals surface area contributed by atoms with Crippen LogP contribution in [-0.4, -0.2) is 58.9 Å². The van der Waals surface area contributed by atoms with Crippen LogP contribution in [0, 0.1) is 5.92 Å². The highest BCUT2D eigenvalue weighted by Gasteiger charge is 2.23. The monoisotopic (exact) mass is 641 g/mol. The van der Waals surface area contributed by atoms with Crippen molar-refractivity contribution in [2.75, 3.05) is 40.8 Å². The van der Waals surface area contributed by atoms with E-state index in [2.05, 4.69) is 44.7 Å². The van der Waals surface area contributed by atoms with Gasteiger partial charge in [0.1, 0.15) is 11.6 Å². The number of aliphatic imine (C=N–C) groups is 1. The second kappa shape index (κ2) is 13.2. The van der Waals surface area contributed by atoms with Gasteiger partial charge >= 0.3 is 0 Å². The molecule has 2 aliphatic heterocycles. The molecule has 2 aliphatic rings. The van der Waals surface area contributed by atoms with E-state index in [-0.39, 0.29) is 29.9 Å². The van der Waals surface area contributed by atoms with E-state index in [1.54, 1.807) is 19.1 Å². The topological polar surface area (TPSA) is 108 Å². The zero-order valence-corrected chi connectivity index (χ0v) is 24.7. The Morgan fingerprint density at radius 1 is 1.10 bits per heavy atom. The molecule has 1 fully saturated rings. The van der Waals surface area contributed by atoms with E-state index < -0.39 is 0 Å². The molecule has 8 nitrogen and oxygen atoms in total. The number of alkyl halides is 1. The molecule has 4 rings (SSSR count). The van der Waals surface area contributed by atoms with Crippen molar-refractivity contribution in [3.8, 4) is 0 Å². The number of halogens is 1. The summed E-state index contributed by atoms with van der Waals surface area (Å²) in [6, 6.07) is 13.0. The van der Waals surface area contributed by atoms with Gasteiger partial charge < -0.3 is 20.9 Å². The molecule has 39 heavy (non-hydrogen) atoms. The number of hydrogen-bond donors (Lipinski definition) is 2. The highest BCUT2D eigenvalue weighted by atomic mass is 127. The zero-order valence-electron chi connectivity index (χ0n) is 22.6. The first-order valence-corrected chi connectivity index (χ1v) is 15.0. The van der Waals surface area contributed by atoms with Gasteiger partial charge in [-0.3, -0.25) is 14.4 Å². The Balaban J connectivity index is 1.45. The predicted octanol–water partition coefficient (Wildman–Crippen LogP) is 5.19. The highest BCUT2D eigenvalue weighted by molar-refractivity contribution is 14.1. The molecule has 0 aliphatic carbocycles. The van der Waals surface area contributed by atoms with Gasteiger partial charge in [0, 0.05) is 71.0 Å². The van der Waals surface area contributed by atoms with E-state index in [1.807, 2.05) is 41.3 Å². The van der Waals surface area contributed by atoms with Crippen molar-refractivity contribution in [2.45, 2.75) is 39.5 Å². The molecule has 0 saturated carbocycles. The van der Waals surface area contributed by atoms with Gasteiger partial charge in [-0.05, 0) is 68.7 Å². The number of Topliss-reactive ketones (excluding diaryl/α,β-unsaturated/α-hetero) is 1. The molecular formula is C30H36IN5O3. The number of nitrogens with one attached hydrogen (secondary N) is 1. The number of amides is 2. The number of carbonyl (C=O) groups excluding carboxylic acids is 3. The molecule has 0 bridgehead atoms. The number of benzene rings is 2. The average Bonchev–Trinajstić information content (AvgIpc) is 3.10. The van der Waals surface area contributed by atoms with Crippen LogP contribution in [0.2, 0.25) is 0 Å². The average molecular weight is 642 g/mol. The van der Waals surface area contributed by atoms with E-state index in [9.17, 15) is 14.4 Å². The SMILES string of the molecule is CCCN(CCI)C(=O)C1=Cc2ccc(C(=O)Nc3ccc(N4CCC(C(C)=O)CC4)cc3)cc2N=C(N)C1. The smallest absolute Gasteiger partial charge is 0.255 e. The first-order chi connectivity index (χ1) is 18.8. The van der Waals surface area contributed by atoms with Crippen LogP contribution >= 0.6 is 22.6 Å². The van der Waals surface area contributed by atoms with Gasteiger partial charge in [-0.15, -0.1) is 0 Å². The van der Waals surface area contributed by atoms with Crippen LogP contribution in [0.3, 0.4) is 0 Å². The Labute approximate surface area is 243 Å². The van der Waals surface area contributed by atoms with Crippen molar-refractivity contribution >= 4 is 69.2 Å². The minimum Gasteiger partial charge on any atom is -0.387 e. The van der Waals surface area contributed by atoms with Crippen molar-refractivity contribution in [3.05, 3.63) is 59.2 Å². The number of carbonyl (C=O) groups is 3. The van der Waals surface area contributed by atoms with Gasteiger partial charge in [-0.2, -0.15) is 0 Å². The Kier molecular flexibility index (Phi) is 9.77. The van der Waals surface area contributed by atoms with Gasteiger partial charge in [-0.25, -0.2) is 4.99 Å². The van der Waals surface area contributed by atoms with Crippen LogP contribution in [0.4, 0.5) is 17.1 Å². The van der Waals surface area contributed by atoms with E-state index in [0.29, 0.717) is 41.4 Å². The lowest BCUT2D eigenvalue weighted by atomic mass is 9.93. The van der Waals surface area contributed by atoms with Crippen LogP contribution in [0.1, 0.15) is 55.5 Å². The van der Waals surface area contributed by atoms with Gasteiger partial charge in [0.25, 0.3) is 5.91 Å². The number of hydrogen-bond acceptors (Lipinski definition) is 6. The highest BCUT2D eigenvalue weighted by Crippen LogP contribution is 2.29. The Bertz CT molecular complexity index is 1270. The first-order valence-electron chi connectivity index (χ1n) is 13.5. The molecule has 0 atom stereocenters. The lowest BCUT2D eigenvalue weighted by molar-refractivity contribution is -0.127. The second-order valence-electron chi connectivity index (χ2n) is 10.1. The van der Waals surface area contributed by atoms with E-state index in [0.717, 1.165) is 48.0 Å². The van der Waals surface area contributed by atoms with Crippen molar-refractivity contribution in [3.63, 3.8) is 0 Å². The van der Waals surface area contributed by atoms with Crippen LogP contribution < -0.4 is 16.0 Å². The van der Waals surface area contributed by atoms with Crippen molar-refractivity contribution in [1.29, 1.82) is 0 Å². The first kappa shape index (κ1) is 28.8. The Hall–Kier alpha value is -3.21. The molecule has 2 aromatic carbocycles. The largest absolute Gasteiger partial charge is 0.387 e. The lowest BCUT2D eigenvalue weighted by Gasteiger charge is -2.32. The molecule has 0 spiro atoms. The number of rotatable bonds is 9. The fraction of sp³-hybridized carbons (Fsp3) is 0.400. The molecular weight excluding hydrogens is 605 g/mol. The molecule has 1 saturated heterocycles. The third-order valence-electron chi connectivity index (χ3n) is 7.23. The number of nitrogens with two attached hydrogens (primary N) is 1. The van der Waals surface area contributed by atoms with Crippen LogP contribution in [0.5, 0.6) is 0 Å². The number of ketones is 1. The number of anilines is 2. The maximum absolute atomic E-state index is 13.2. The van der Waals surface area contributed by atoms with Gasteiger partial charge in [0.05, 0.1) is 5.69 Å². The predicted molar refractivity (Wildman–Crippen MR) is 166 cm³/mol. The summed E-state index contributed by atoms with van der Waals surface area (Å²) in [5.74, 6) is 0.517. The summed E-state index contributed by atoms with van der Waals surface area (Å²) >= 11 is 2.28. The summed E-state index contributed by atoms with van der Waals surface area (Å²) < 4.78 is 0.859. The molecule has 206 valence electrons. The molecule has 3 N–H and O–H groups in total. The van der Waals surface area contributed by atoms with Crippen LogP contribution in [0.15, 0.2) is 53.0 Å². The minimum atomic E-state index is -0.248. The third-order valence-corrected chi connectivity index (χ3v) is 7.71. The molecule has 0 radical (unpaired) electrons. The summed E-state index contributed by atoms with van der Waals surface area (Å²) in [6.07, 6.45) is 4.75. The molecule has 9 heteroatoms. The van der Waals surface area contributed by atoms with Crippen molar-refractivity contribution in [1.82, 2.24) is 4.90 Å². The lowest BCUT2D eigenvalue weighted by Crippen LogP contribution is -2.35. The second-order valence-corrected chi connectivity index (χ2v) is 11.2. The van der Waals surface area contributed by atoms with E-state index >= 15 is 0 Å². The minimum absolute atomic E-state index is 0.0204. The number of amidine groups is 1. The standard InChI is InChI=1S/C30H36IN5O3/c1-3-13-36(16-12-31)30(39)24-17-22-4-5-23(18-27(22)34-28(32)19-24)29(38)33-25-6-8-26(9-7-25)35-14-10-21(11-15-35)20(2)37/h4-9,17-18,21H,3,10-16,19H2,1-2H3,(H2,32,34)(H,33,38). The Morgan fingerprint density at radius 3 is 2.46 bits per heavy atom. The van der Waals surface area contributed by atoms with Gasteiger partial charge in [-0.1, -0.05) is 35.6 Å². The summed E-state index contributed by atoms with van der Waals surface area (Å²) in [5, 5.41) is 2.96. The Morgan fingerprint density at radius 2 is 1.82 bits per heavy atom. The van der Waals surface area contributed by atoms with E-state index in [4.69, 9.17) is 5.73 Å². The fourth-order valence-electron chi connectivity index (χ4n) is 5.06. The normalized spacial score (nSPS) is 15.5. The quantitative estimate of drug-likeness (QED) is 0.290. The van der Waals surface area contributed by atoms with E-state index in [1.165, 1.54) is 0 Å². The fourth-order valence-corrected chi connectivity index (χ4v) is 5.64. The molecule has 2 aromatic rings. The number of nitrogens with zero attached hydrogens (tertiary/aromatic N) is 3. The van der Waals surface area contributed by atoms with Gasteiger partial charge in [0.15, 0.2) is 0 Å². The molecule has 0 unspecified atom stereocenters. The van der Waals surface area contributed by atoms with Crippen LogP contribution in [-0.2, 0) is 9.59 Å². The summed E-state index contributed by atoms with van der Waals surface area (Å²) in [4.78, 5) is 46.5. The zero-order chi connectivity index (χ0) is 27.9. The maximum Gasteiger partial charge on any atom is 0.255 e. The maximum atomic E-state index is 13.2. The molecule has 2 amide bonds. The molecule has 2 heterocycles. The van der Waals surface area contributed by atoms with Crippen LogP contribution in [0.25, 0.3) is 6.08 Å². The third kappa shape index (κ3) is 7.26. The number of fused-ring (bicyclic) bond motifs is 1. The van der Waals surface area contributed by atoms with Crippen molar-refractivity contribution < 1.29 is 14.4 Å². The summed E-state index contributed by atoms with van der Waals surface area (Å²) in [5.41, 5.74) is 10.4. The number of piperidine rings is 1. The summed E-state index contributed by atoms with van der Waals surface area (Å²) in [7, 11) is 0. The molecule has 0 aromatic heterocycles. The van der Waals surface area contributed by atoms with Crippen molar-refractivity contribution in [2.24, 2.45) is 16.6 Å².